The molecule has 21 heavy (non-hydrogen) atoms. The molecule has 0 aliphatic rings. The number of aromatic nitrogens is 3. The van der Waals surface area contributed by atoms with Crippen molar-refractivity contribution in [2.45, 2.75) is 13.5 Å². The lowest BCUT2D eigenvalue weighted by molar-refractivity contribution is 0.0942. The molecule has 1 N–H and O–H groups in total. The number of rotatable bonds is 3. The number of carbonyl (C=O) groups excluding carboxylic acids is 1. The molecule has 108 valence electrons. The lowest BCUT2D eigenvalue weighted by Gasteiger charge is -2.05. The van der Waals surface area contributed by atoms with Crippen LogP contribution in [0.4, 0.5) is 0 Å². The molecule has 1 amide bonds. The molecule has 0 saturated carbocycles. The first-order valence-electron chi connectivity index (χ1n) is 6.37. The Kier molecular flexibility index (Phi) is 3.39. The number of hydrogen-bond donors (Lipinski definition) is 1. The van der Waals surface area contributed by atoms with Gasteiger partial charge in [-0.15, -0.1) is 0 Å². The Morgan fingerprint density at radius 2 is 2.29 bits per heavy atom. The number of nitrogens with zero attached hydrogens (tertiary/aromatic N) is 3. The van der Waals surface area contributed by atoms with Crippen molar-refractivity contribution >= 4 is 28.4 Å². The molecule has 0 saturated heterocycles. The first kappa shape index (κ1) is 13.6. The van der Waals surface area contributed by atoms with Gasteiger partial charge in [0.15, 0.2) is 5.82 Å². The molecule has 0 fully saturated rings. The molecule has 0 radical (unpaired) electrons. The van der Waals surface area contributed by atoms with Gasteiger partial charge in [-0.25, -0.2) is 0 Å². The maximum absolute atomic E-state index is 12.3. The molecule has 6 nitrogen and oxygen atoms in total. The largest absolute Gasteiger partial charge is 0.343 e. The molecule has 0 atom stereocenters. The minimum Gasteiger partial charge on any atom is -0.343 e. The minimum absolute atomic E-state index is 0.214. The van der Waals surface area contributed by atoms with E-state index in [9.17, 15) is 4.79 Å². The molecule has 7 heteroatoms. The Hall–Kier alpha value is -2.34. The predicted octanol–water partition coefficient (Wildman–Crippen LogP) is 2.45. The van der Waals surface area contributed by atoms with E-state index >= 15 is 0 Å². The van der Waals surface area contributed by atoms with E-state index in [1.54, 1.807) is 23.6 Å². The van der Waals surface area contributed by atoms with Gasteiger partial charge in [-0.1, -0.05) is 28.9 Å². The fraction of sp³-hybridized carbons (Fsp3) is 0.214. The molecule has 0 bridgehead atoms. The smallest absolute Gasteiger partial charge is 0.268 e. The van der Waals surface area contributed by atoms with Crippen molar-refractivity contribution in [1.82, 2.24) is 20.0 Å². The van der Waals surface area contributed by atoms with E-state index in [1.165, 1.54) is 0 Å². The second-order valence-corrected chi connectivity index (χ2v) is 5.09. The normalized spacial score (nSPS) is 11.0. The Morgan fingerprint density at radius 3 is 2.95 bits per heavy atom. The van der Waals surface area contributed by atoms with Crippen LogP contribution in [-0.2, 0) is 13.6 Å². The monoisotopic (exact) mass is 304 g/mol. The molecule has 0 unspecified atom stereocenters. The number of benzene rings is 1. The highest BCUT2D eigenvalue weighted by Gasteiger charge is 2.15. The van der Waals surface area contributed by atoms with E-state index in [1.807, 2.05) is 19.2 Å². The lowest BCUT2D eigenvalue weighted by atomic mass is 10.2. The van der Waals surface area contributed by atoms with Crippen LogP contribution in [0, 0.1) is 6.92 Å². The third kappa shape index (κ3) is 2.50. The van der Waals surface area contributed by atoms with Crippen molar-refractivity contribution in [3.8, 4) is 0 Å². The fourth-order valence-electron chi connectivity index (χ4n) is 2.25. The van der Waals surface area contributed by atoms with Crippen LogP contribution in [0.3, 0.4) is 0 Å². The third-order valence-electron chi connectivity index (χ3n) is 3.22. The number of nitrogens with one attached hydrogen (secondary N) is 1. The van der Waals surface area contributed by atoms with Crippen molar-refractivity contribution in [2.24, 2.45) is 7.05 Å². The van der Waals surface area contributed by atoms with E-state index in [0.29, 0.717) is 22.4 Å². The molecule has 0 spiro atoms. The summed E-state index contributed by atoms with van der Waals surface area (Å²) in [7, 11) is 1.81. The maximum Gasteiger partial charge on any atom is 0.268 e. The van der Waals surface area contributed by atoms with Gasteiger partial charge in [0.1, 0.15) is 5.69 Å². The molecule has 3 rings (SSSR count). The molecular formula is C14H13ClN4O2. The van der Waals surface area contributed by atoms with E-state index in [4.69, 9.17) is 16.1 Å². The van der Waals surface area contributed by atoms with Crippen molar-refractivity contribution in [2.75, 3.05) is 0 Å². The van der Waals surface area contributed by atoms with Crippen LogP contribution < -0.4 is 5.32 Å². The number of hydrogen-bond acceptors (Lipinski definition) is 4. The summed E-state index contributed by atoms with van der Waals surface area (Å²) in [6, 6.07) is 7.38. The summed E-state index contributed by atoms with van der Waals surface area (Å²) >= 11 is 6.17. The number of halogens is 1. The van der Waals surface area contributed by atoms with E-state index in [2.05, 4.69) is 15.5 Å². The van der Waals surface area contributed by atoms with Crippen molar-refractivity contribution < 1.29 is 9.32 Å². The Balaban J connectivity index is 1.84. The van der Waals surface area contributed by atoms with E-state index < -0.39 is 0 Å². The van der Waals surface area contributed by atoms with Crippen molar-refractivity contribution in [1.29, 1.82) is 0 Å². The number of carbonyl (C=O) groups is 1. The summed E-state index contributed by atoms with van der Waals surface area (Å²) in [6.07, 6.45) is 0. The number of para-hydroxylation sites is 1. The van der Waals surface area contributed by atoms with Crippen LogP contribution in [0.1, 0.15) is 22.2 Å². The number of amides is 1. The third-order valence-corrected chi connectivity index (χ3v) is 3.52. The molecular weight excluding hydrogens is 292 g/mol. The quantitative estimate of drug-likeness (QED) is 0.806. The van der Waals surface area contributed by atoms with Crippen LogP contribution in [0.5, 0.6) is 0 Å². The van der Waals surface area contributed by atoms with Crippen LogP contribution in [0.15, 0.2) is 28.8 Å². The van der Waals surface area contributed by atoms with Gasteiger partial charge in [0.2, 0.25) is 5.89 Å². The summed E-state index contributed by atoms with van der Waals surface area (Å²) < 4.78 is 6.63. The average Bonchev–Trinajstić information content (AvgIpc) is 3.01. The molecule has 2 aromatic heterocycles. The van der Waals surface area contributed by atoms with Crippen LogP contribution in [0.2, 0.25) is 5.02 Å². The SMILES string of the molecule is Cc1nc(CNC(=O)c2cc3cccc(Cl)c3n2C)no1. The van der Waals surface area contributed by atoms with Gasteiger partial charge in [0.25, 0.3) is 5.91 Å². The van der Waals surface area contributed by atoms with E-state index in [-0.39, 0.29) is 12.5 Å². The highest BCUT2D eigenvalue weighted by atomic mass is 35.5. The maximum atomic E-state index is 12.3. The topological polar surface area (TPSA) is 73.0 Å². The Bertz CT molecular complexity index is 822. The van der Waals surface area contributed by atoms with E-state index in [0.717, 1.165) is 10.9 Å². The molecule has 1 aromatic carbocycles. The highest BCUT2D eigenvalue weighted by Crippen LogP contribution is 2.26. The fourth-order valence-corrected chi connectivity index (χ4v) is 2.56. The first-order valence-corrected chi connectivity index (χ1v) is 6.75. The van der Waals surface area contributed by atoms with Gasteiger partial charge in [-0.05, 0) is 12.1 Å². The molecule has 3 aromatic rings. The lowest BCUT2D eigenvalue weighted by Crippen LogP contribution is -2.25. The van der Waals surface area contributed by atoms with Gasteiger partial charge in [0.05, 0.1) is 17.1 Å². The minimum atomic E-state index is -0.216. The Morgan fingerprint density at radius 1 is 1.48 bits per heavy atom. The summed E-state index contributed by atoms with van der Waals surface area (Å²) in [5.41, 5.74) is 1.36. The van der Waals surface area contributed by atoms with Crippen molar-refractivity contribution in [3.05, 3.63) is 46.7 Å². The van der Waals surface area contributed by atoms with Gasteiger partial charge in [-0.2, -0.15) is 4.98 Å². The summed E-state index contributed by atoms with van der Waals surface area (Å²) in [5, 5.41) is 8.03. The Labute approximate surface area is 125 Å². The second kappa shape index (κ2) is 5.21. The summed E-state index contributed by atoms with van der Waals surface area (Å²) in [5.74, 6) is 0.695. The van der Waals surface area contributed by atoms with Crippen LogP contribution in [-0.4, -0.2) is 20.6 Å². The standard InChI is InChI=1S/C14H13ClN4O2/c1-8-17-12(18-21-8)7-16-14(20)11-6-9-4-3-5-10(15)13(9)19(11)2/h3-6H,7H2,1-2H3,(H,16,20). The second-order valence-electron chi connectivity index (χ2n) is 4.68. The van der Waals surface area contributed by atoms with Gasteiger partial charge < -0.3 is 14.4 Å². The summed E-state index contributed by atoms with van der Waals surface area (Å²) in [6.45, 7) is 1.91. The van der Waals surface area contributed by atoms with Gasteiger partial charge >= 0.3 is 0 Å². The van der Waals surface area contributed by atoms with Crippen molar-refractivity contribution in [3.63, 3.8) is 0 Å². The zero-order valence-corrected chi connectivity index (χ0v) is 12.3. The van der Waals surface area contributed by atoms with Crippen LogP contribution in [0.25, 0.3) is 10.9 Å². The summed E-state index contributed by atoms with van der Waals surface area (Å²) in [4.78, 5) is 16.3. The van der Waals surface area contributed by atoms with Crippen LogP contribution >= 0.6 is 11.6 Å². The first-order chi connectivity index (χ1) is 10.1. The zero-order chi connectivity index (χ0) is 15.0. The highest BCUT2D eigenvalue weighted by molar-refractivity contribution is 6.35. The van der Waals surface area contributed by atoms with Gasteiger partial charge in [-0.3, -0.25) is 4.79 Å². The average molecular weight is 305 g/mol. The predicted molar refractivity (Wildman–Crippen MR) is 78.1 cm³/mol. The van der Waals surface area contributed by atoms with Gasteiger partial charge in [0, 0.05) is 19.4 Å². The molecule has 0 aliphatic heterocycles. The molecule has 2 heterocycles. The zero-order valence-electron chi connectivity index (χ0n) is 11.6. The number of fused-ring (bicyclic) bond motifs is 1. The number of aryl methyl sites for hydroxylation is 2. The molecule has 0 aliphatic carbocycles.